The number of benzene rings is 1. The Morgan fingerprint density at radius 3 is 2.73 bits per heavy atom. The van der Waals surface area contributed by atoms with Crippen molar-refractivity contribution in [1.29, 1.82) is 0 Å². The first-order chi connectivity index (χ1) is 7.40. The molecular formula is C14H21N. The summed E-state index contributed by atoms with van der Waals surface area (Å²) in [6, 6.07) is 10.9. The molecule has 2 unspecified atom stereocenters. The molecule has 1 heterocycles. The van der Waals surface area contributed by atoms with Gasteiger partial charge in [0.2, 0.25) is 0 Å². The monoisotopic (exact) mass is 203 g/mol. The van der Waals surface area contributed by atoms with Crippen LogP contribution < -0.4 is 5.32 Å². The summed E-state index contributed by atoms with van der Waals surface area (Å²) in [4.78, 5) is 0. The third kappa shape index (κ3) is 2.82. The lowest BCUT2D eigenvalue weighted by atomic mass is 9.80. The minimum atomic E-state index is 0.874. The Balaban J connectivity index is 1.97. The molecular weight excluding hydrogens is 182 g/mol. The van der Waals surface area contributed by atoms with Crippen LogP contribution in [0.1, 0.15) is 25.3 Å². The van der Waals surface area contributed by atoms with Gasteiger partial charge in [-0.15, -0.1) is 0 Å². The van der Waals surface area contributed by atoms with Gasteiger partial charge in [0.05, 0.1) is 0 Å². The molecule has 1 fully saturated rings. The molecule has 2 rings (SSSR count). The van der Waals surface area contributed by atoms with Crippen molar-refractivity contribution in [3.05, 3.63) is 35.9 Å². The van der Waals surface area contributed by atoms with E-state index in [1.165, 1.54) is 37.9 Å². The van der Waals surface area contributed by atoms with Gasteiger partial charge >= 0.3 is 0 Å². The quantitative estimate of drug-likeness (QED) is 0.796. The van der Waals surface area contributed by atoms with Gasteiger partial charge in [0.1, 0.15) is 0 Å². The van der Waals surface area contributed by atoms with Crippen LogP contribution in [0.25, 0.3) is 0 Å². The molecule has 1 aromatic carbocycles. The van der Waals surface area contributed by atoms with E-state index in [0.29, 0.717) is 0 Å². The van der Waals surface area contributed by atoms with E-state index in [-0.39, 0.29) is 0 Å². The van der Waals surface area contributed by atoms with Crippen molar-refractivity contribution in [2.45, 2.75) is 26.2 Å². The van der Waals surface area contributed by atoms with Gasteiger partial charge in [-0.2, -0.15) is 0 Å². The minimum Gasteiger partial charge on any atom is -0.316 e. The van der Waals surface area contributed by atoms with Crippen LogP contribution in [0.4, 0.5) is 0 Å². The fourth-order valence-electron chi connectivity index (χ4n) is 2.64. The smallest absolute Gasteiger partial charge is 0.00178 e. The van der Waals surface area contributed by atoms with Crippen molar-refractivity contribution < 1.29 is 0 Å². The molecule has 2 atom stereocenters. The lowest BCUT2D eigenvalue weighted by molar-refractivity contribution is 0.246. The van der Waals surface area contributed by atoms with Crippen LogP contribution in [0.5, 0.6) is 0 Å². The number of nitrogens with one attached hydrogen (secondary N) is 1. The average molecular weight is 203 g/mol. The summed E-state index contributed by atoms with van der Waals surface area (Å²) in [5.74, 6) is 1.76. The lowest BCUT2D eigenvalue weighted by Gasteiger charge is -2.31. The first kappa shape index (κ1) is 10.7. The minimum absolute atomic E-state index is 0.874. The number of hydrogen-bond acceptors (Lipinski definition) is 1. The standard InChI is InChI=1S/C14H21N/c1-2-13-11-15-9-8-14(13)10-12-6-4-3-5-7-12/h3-7,13-15H,2,8-11H2,1H3. The number of piperidine rings is 1. The summed E-state index contributed by atoms with van der Waals surface area (Å²) in [6.45, 7) is 4.73. The molecule has 1 N–H and O–H groups in total. The molecule has 0 spiro atoms. The van der Waals surface area contributed by atoms with E-state index in [1.54, 1.807) is 0 Å². The Labute approximate surface area is 92.9 Å². The van der Waals surface area contributed by atoms with Crippen molar-refractivity contribution in [1.82, 2.24) is 5.32 Å². The van der Waals surface area contributed by atoms with Gasteiger partial charge < -0.3 is 5.32 Å². The fourth-order valence-corrected chi connectivity index (χ4v) is 2.64. The molecule has 0 radical (unpaired) electrons. The second kappa shape index (κ2) is 5.32. The van der Waals surface area contributed by atoms with Crippen molar-refractivity contribution in [2.24, 2.45) is 11.8 Å². The molecule has 1 aromatic rings. The highest BCUT2D eigenvalue weighted by molar-refractivity contribution is 5.15. The molecule has 82 valence electrons. The largest absolute Gasteiger partial charge is 0.316 e. The van der Waals surface area contributed by atoms with Crippen LogP contribution in [0.2, 0.25) is 0 Å². The van der Waals surface area contributed by atoms with Crippen LogP contribution in [0, 0.1) is 11.8 Å². The van der Waals surface area contributed by atoms with Crippen molar-refractivity contribution in [3.63, 3.8) is 0 Å². The van der Waals surface area contributed by atoms with Crippen LogP contribution in [0.15, 0.2) is 30.3 Å². The van der Waals surface area contributed by atoms with Crippen molar-refractivity contribution >= 4 is 0 Å². The highest BCUT2D eigenvalue weighted by atomic mass is 14.9. The van der Waals surface area contributed by atoms with E-state index in [9.17, 15) is 0 Å². The third-order valence-electron chi connectivity index (χ3n) is 3.63. The highest BCUT2D eigenvalue weighted by Crippen LogP contribution is 2.25. The van der Waals surface area contributed by atoms with E-state index in [2.05, 4.69) is 42.6 Å². The highest BCUT2D eigenvalue weighted by Gasteiger charge is 2.23. The van der Waals surface area contributed by atoms with Crippen LogP contribution in [0.3, 0.4) is 0 Å². The molecule has 15 heavy (non-hydrogen) atoms. The second-order valence-corrected chi connectivity index (χ2v) is 4.61. The lowest BCUT2D eigenvalue weighted by Crippen LogP contribution is -2.37. The molecule has 0 amide bonds. The molecule has 1 saturated heterocycles. The molecule has 0 aliphatic carbocycles. The Kier molecular flexibility index (Phi) is 3.79. The summed E-state index contributed by atoms with van der Waals surface area (Å²) >= 11 is 0. The Morgan fingerprint density at radius 2 is 2.00 bits per heavy atom. The van der Waals surface area contributed by atoms with Gasteiger partial charge in [-0.05, 0) is 43.3 Å². The summed E-state index contributed by atoms with van der Waals surface area (Å²) in [5.41, 5.74) is 1.50. The second-order valence-electron chi connectivity index (χ2n) is 4.61. The predicted molar refractivity (Wildman–Crippen MR) is 64.9 cm³/mol. The summed E-state index contributed by atoms with van der Waals surface area (Å²) in [7, 11) is 0. The molecule has 1 aliphatic rings. The third-order valence-corrected chi connectivity index (χ3v) is 3.63. The zero-order valence-corrected chi connectivity index (χ0v) is 9.58. The van der Waals surface area contributed by atoms with E-state index < -0.39 is 0 Å². The average Bonchev–Trinajstić information content (AvgIpc) is 2.31. The molecule has 0 bridgehead atoms. The molecule has 1 nitrogen and oxygen atoms in total. The van der Waals surface area contributed by atoms with E-state index >= 15 is 0 Å². The van der Waals surface area contributed by atoms with E-state index in [1.807, 2.05) is 0 Å². The zero-order chi connectivity index (χ0) is 10.5. The summed E-state index contributed by atoms with van der Waals surface area (Å²) < 4.78 is 0. The Morgan fingerprint density at radius 1 is 1.20 bits per heavy atom. The number of hydrogen-bond donors (Lipinski definition) is 1. The number of rotatable bonds is 3. The molecule has 1 heteroatoms. The first-order valence-corrected chi connectivity index (χ1v) is 6.14. The SMILES string of the molecule is CCC1CNCCC1Cc1ccccc1. The van der Waals surface area contributed by atoms with Gasteiger partial charge in [0, 0.05) is 0 Å². The van der Waals surface area contributed by atoms with Gasteiger partial charge in [0.25, 0.3) is 0 Å². The Bertz CT molecular complexity index is 281. The Hall–Kier alpha value is -0.820. The first-order valence-electron chi connectivity index (χ1n) is 6.14. The maximum Gasteiger partial charge on any atom is -0.00178 e. The topological polar surface area (TPSA) is 12.0 Å². The fraction of sp³-hybridized carbons (Fsp3) is 0.571. The summed E-state index contributed by atoms with van der Waals surface area (Å²) in [6.07, 6.45) is 3.92. The van der Waals surface area contributed by atoms with E-state index in [4.69, 9.17) is 0 Å². The van der Waals surface area contributed by atoms with Gasteiger partial charge in [0.15, 0.2) is 0 Å². The van der Waals surface area contributed by atoms with Crippen LogP contribution >= 0.6 is 0 Å². The molecule has 0 saturated carbocycles. The van der Waals surface area contributed by atoms with E-state index in [0.717, 1.165) is 11.8 Å². The maximum atomic E-state index is 3.50. The van der Waals surface area contributed by atoms with Crippen LogP contribution in [-0.2, 0) is 6.42 Å². The van der Waals surface area contributed by atoms with Gasteiger partial charge in [-0.25, -0.2) is 0 Å². The van der Waals surface area contributed by atoms with Crippen molar-refractivity contribution in [3.8, 4) is 0 Å². The maximum absolute atomic E-state index is 3.50. The predicted octanol–water partition coefficient (Wildman–Crippen LogP) is 2.86. The van der Waals surface area contributed by atoms with Gasteiger partial charge in [-0.3, -0.25) is 0 Å². The zero-order valence-electron chi connectivity index (χ0n) is 9.58. The molecule has 0 aromatic heterocycles. The van der Waals surface area contributed by atoms with Crippen LogP contribution in [-0.4, -0.2) is 13.1 Å². The normalized spacial score (nSPS) is 26.5. The summed E-state index contributed by atoms with van der Waals surface area (Å²) in [5, 5.41) is 3.50. The van der Waals surface area contributed by atoms with Gasteiger partial charge in [-0.1, -0.05) is 43.7 Å². The van der Waals surface area contributed by atoms with Crippen molar-refractivity contribution in [2.75, 3.05) is 13.1 Å². The molecule has 1 aliphatic heterocycles.